The summed E-state index contributed by atoms with van der Waals surface area (Å²) in [7, 11) is 0. The van der Waals surface area contributed by atoms with E-state index < -0.39 is 0 Å². The van der Waals surface area contributed by atoms with Crippen LogP contribution in [0.2, 0.25) is 5.02 Å². The maximum Gasteiger partial charge on any atom is 0.234 e. The Kier molecular flexibility index (Phi) is 5.89. The molecule has 1 N–H and O–H groups in total. The van der Waals surface area contributed by atoms with Gasteiger partial charge in [0.15, 0.2) is 10.2 Å². The van der Waals surface area contributed by atoms with Crippen molar-refractivity contribution in [2.24, 2.45) is 0 Å². The van der Waals surface area contributed by atoms with Gasteiger partial charge in [0, 0.05) is 15.7 Å². The Morgan fingerprint density at radius 3 is 2.71 bits per heavy atom. The third-order valence-corrected chi connectivity index (χ3v) is 5.67. The van der Waals surface area contributed by atoms with Gasteiger partial charge < -0.3 is 5.32 Å². The number of aromatic nitrogens is 2. The Bertz CT molecular complexity index is 855. The van der Waals surface area contributed by atoms with Crippen LogP contribution in [0.1, 0.15) is 0 Å². The highest BCUT2D eigenvalue weighted by Crippen LogP contribution is 2.29. The molecule has 0 saturated carbocycles. The lowest BCUT2D eigenvalue weighted by molar-refractivity contribution is -0.113. The number of amides is 1. The molecule has 0 aliphatic carbocycles. The van der Waals surface area contributed by atoms with E-state index >= 15 is 0 Å². The van der Waals surface area contributed by atoms with Crippen molar-refractivity contribution >= 4 is 62.4 Å². The van der Waals surface area contributed by atoms with Gasteiger partial charge >= 0.3 is 0 Å². The molecule has 0 aliphatic rings. The highest BCUT2D eigenvalue weighted by atomic mass is 79.9. The minimum Gasteiger partial charge on any atom is -0.325 e. The summed E-state index contributed by atoms with van der Waals surface area (Å²) in [5.74, 6) is 0.769. The van der Waals surface area contributed by atoms with Crippen LogP contribution in [0.4, 0.5) is 5.69 Å². The summed E-state index contributed by atoms with van der Waals surface area (Å²) in [5.41, 5.74) is 1.56. The molecule has 0 atom stereocenters. The number of thioether (sulfide) groups is 1. The summed E-state index contributed by atoms with van der Waals surface area (Å²) in [6.07, 6.45) is 0. The SMILES string of the molecule is O=C(CSc1nc(-c2ccccc2Cl)ns1)Nc1ccc(Br)cc1. The van der Waals surface area contributed by atoms with Crippen molar-refractivity contribution in [1.82, 2.24) is 9.36 Å². The van der Waals surface area contributed by atoms with Gasteiger partial charge in [-0.1, -0.05) is 51.4 Å². The van der Waals surface area contributed by atoms with Crippen molar-refractivity contribution in [2.45, 2.75) is 4.34 Å². The lowest BCUT2D eigenvalue weighted by Gasteiger charge is -2.03. The molecule has 1 heterocycles. The van der Waals surface area contributed by atoms with E-state index in [0.29, 0.717) is 10.8 Å². The first-order chi connectivity index (χ1) is 11.6. The summed E-state index contributed by atoms with van der Waals surface area (Å²) < 4.78 is 6.01. The van der Waals surface area contributed by atoms with E-state index in [1.807, 2.05) is 42.5 Å². The molecule has 122 valence electrons. The average molecular weight is 441 g/mol. The van der Waals surface area contributed by atoms with Crippen LogP contribution in [0.15, 0.2) is 57.3 Å². The van der Waals surface area contributed by atoms with E-state index in [1.54, 1.807) is 6.07 Å². The third-order valence-electron chi connectivity index (χ3n) is 2.98. The minimum absolute atomic E-state index is 0.0863. The molecule has 3 aromatic rings. The Labute approximate surface area is 161 Å². The largest absolute Gasteiger partial charge is 0.325 e. The zero-order chi connectivity index (χ0) is 16.9. The van der Waals surface area contributed by atoms with Crippen LogP contribution in [0.5, 0.6) is 0 Å². The highest BCUT2D eigenvalue weighted by Gasteiger charge is 2.11. The number of rotatable bonds is 5. The zero-order valence-corrected chi connectivity index (χ0v) is 16.2. The summed E-state index contributed by atoms with van der Waals surface area (Å²) in [6.45, 7) is 0. The summed E-state index contributed by atoms with van der Waals surface area (Å²) in [5, 5.41) is 3.45. The van der Waals surface area contributed by atoms with Gasteiger partial charge in [-0.3, -0.25) is 4.79 Å². The Morgan fingerprint density at radius 2 is 1.96 bits per heavy atom. The Morgan fingerprint density at radius 1 is 1.21 bits per heavy atom. The van der Waals surface area contributed by atoms with Crippen LogP contribution in [0.3, 0.4) is 0 Å². The fourth-order valence-corrected chi connectivity index (χ4v) is 3.77. The van der Waals surface area contributed by atoms with Crippen molar-refractivity contribution in [1.29, 1.82) is 0 Å². The second-order valence-corrected chi connectivity index (χ2v) is 8.00. The van der Waals surface area contributed by atoms with Gasteiger partial charge in [0.2, 0.25) is 5.91 Å². The van der Waals surface area contributed by atoms with Crippen molar-refractivity contribution < 1.29 is 4.79 Å². The number of carbonyl (C=O) groups is 1. The van der Waals surface area contributed by atoms with Gasteiger partial charge in [0.1, 0.15) is 0 Å². The third kappa shape index (κ3) is 4.57. The first-order valence-corrected chi connectivity index (χ1v) is 9.81. The van der Waals surface area contributed by atoms with Gasteiger partial charge in [0.05, 0.1) is 10.8 Å². The molecule has 0 radical (unpaired) electrons. The number of halogens is 2. The molecule has 3 rings (SSSR count). The first kappa shape index (κ1) is 17.4. The molecular formula is C16H11BrClN3OS2. The molecular weight excluding hydrogens is 430 g/mol. The number of benzene rings is 2. The van der Waals surface area contributed by atoms with E-state index in [2.05, 4.69) is 30.6 Å². The topological polar surface area (TPSA) is 54.9 Å². The van der Waals surface area contributed by atoms with Crippen LogP contribution in [-0.4, -0.2) is 21.0 Å². The van der Waals surface area contributed by atoms with Gasteiger partial charge in [0.25, 0.3) is 0 Å². The van der Waals surface area contributed by atoms with Crippen molar-refractivity contribution in [2.75, 3.05) is 11.1 Å². The molecule has 8 heteroatoms. The molecule has 0 saturated heterocycles. The number of nitrogens with zero attached hydrogens (tertiary/aromatic N) is 2. The van der Waals surface area contributed by atoms with E-state index in [-0.39, 0.29) is 11.7 Å². The number of carbonyl (C=O) groups excluding carboxylic acids is 1. The molecule has 0 aliphatic heterocycles. The van der Waals surface area contributed by atoms with Gasteiger partial charge in [-0.25, -0.2) is 4.98 Å². The van der Waals surface area contributed by atoms with E-state index in [1.165, 1.54) is 23.3 Å². The Balaban J connectivity index is 1.58. The average Bonchev–Trinajstić information content (AvgIpc) is 3.04. The fraction of sp³-hybridized carbons (Fsp3) is 0.0625. The Hall–Kier alpha value is -1.41. The normalized spacial score (nSPS) is 10.6. The smallest absolute Gasteiger partial charge is 0.234 e. The molecule has 4 nitrogen and oxygen atoms in total. The molecule has 0 spiro atoms. The molecule has 0 unspecified atom stereocenters. The summed E-state index contributed by atoms with van der Waals surface area (Å²) in [6, 6.07) is 14.9. The molecule has 24 heavy (non-hydrogen) atoms. The number of anilines is 1. The second-order valence-electron chi connectivity index (χ2n) is 4.71. The van der Waals surface area contributed by atoms with E-state index in [9.17, 15) is 4.79 Å². The van der Waals surface area contributed by atoms with Gasteiger partial charge in [-0.2, -0.15) is 4.37 Å². The zero-order valence-electron chi connectivity index (χ0n) is 12.2. The van der Waals surface area contributed by atoms with Crippen molar-refractivity contribution in [3.05, 3.63) is 58.0 Å². The van der Waals surface area contributed by atoms with E-state index in [4.69, 9.17) is 11.6 Å². The monoisotopic (exact) mass is 439 g/mol. The number of hydrogen-bond acceptors (Lipinski definition) is 5. The van der Waals surface area contributed by atoms with Crippen LogP contribution < -0.4 is 5.32 Å². The highest BCUT2D eigenvalue weighted by molar-refractivity contribution is 9.10. The lowest BCUT2D eigenvalue weighted by atomic mass is 10.2. The second kappa shape index (κ2) is 8.11. The fourth-order valence-electron chi connectivity index (χ4n) is 1.88. The minimum atomic E-state index is -0.0863. The molecule has 2 aromatic carbocycles. The van der Waals surface area contributed by atoms with Gasteiger partial charge in [-0.05, 0) is 47.9 Å². The maximum atomic E-state index is 12.0. The van der Waals surface area contributed by atoms with Crippen LogP contribution in [-0.2, 0) is 4.79 Å². The standard InChI is InChI=1S/C16H11BrClN3OS2/c17-10-5-7-11(8-6-10)19-14(22)9-23-16-20-15(21-24-16)12-3-1-2-4-13(12)18/h1-8H,9H2,(H,19,22). The van der Waals surface area contributed by atoms with Gasteiger partial charge in [-0.15, -0.1) is 0 Å². The molecule has 1 aromatic heterocycles. The summed E-state index contributed by atoms with van der Waals surface area (Å²) >= 11 is 12.1. The maximum absolute atomic E-state index is 12.0. The molecule has 0 fully saturated rings. The van der Waals surface area contributed by atoms with Crippen molar-refractivity contribution in [3.8, 4) is 11.4 Å². The van der Waals surface area contributed by atoms with Crippen LogP contribution in [0, 0.1) is 0 Å². The van der Waals surface area contributed by atoms with Crippen LogP contribution >= 0.6 is 50.8 Å². The lowest BCUT2D eigenvalue weighted by Crippen LogP contribution is -2.13. The predicted octanol–water partition coefficient (Wildman–Crippen LogP) is 5.35. The quantitative estimate of drug-likeness (QED) is 0.543. The molecule has 1 amide bonds. The predicted molar refractivity (Wildman–Crippen MR) is 104 cm³/mol. The number of hydrogen-bond donors (Lipinski definition) is 1. The first-order valence-electron chi connectivity index (χ1n) is 6.88. The van der Waals surface area contributed by atoms with Crippen LogP contribution in [0.25, 0.3) is 11.4 Å². The van der Waals surface area contributed by atoms with Crippen molar-refractivity contribution in [3.63, 3.8) is 0 Å². The van der Waals surface area contributed by atoms with E-state index in [0.717, 1.165) is 20.1 Å². The molecule has 0 bridgehead atoms. The number of nitrogens with one attached hydrogen (secondary N) is 1. The summed E-state index contributed by atoms with van der Waals surface area (Å²) in [4.78, 5) is 16.4.